The van der Waals surface area contributed by atoms with E-state index in [0.717, 1.165) is 0 Å². The summed E-state index contributed by atoms with van der Waals surface area (Å²) in [6.45, 7) is 1.81. The van der Waals surface area contributed by atoms with Crippen LogP contribution in [0.25, 0.3) is 11.4 Å². The third-order valence-electron chi connectivity index (χ3n) is 3.32. The van der Waals surface area contributed by atoms with E-state index in [-0.39, 0.29) is 30.4 Å². The predicted molar refractivity (Wildman–Crippen MR) is 75.9 cm³/mol. The van der Waals surface area contributed by atoms with E-state index in [2.05, 4.69) is 25.9 Å². The maximum absolute atomic E-state index is 14.2. The van der Waals surface area contributed by atoms with Crippen LogP contribution in [-0.4, -0.2) is 51.8 Å². The van der Waals surface area contributed by atoms with E-state index in [1.54, 1.807) is 6.07 Å². The summed E-state index contributed by atoms with van der Waals surface area (Å²) >= 11 is 0. The topological polar surface area (TPSA) is 113 Å². The highest BCUT2D eigenvalue weighted by Crippen LogP contribution is 2.27. The molecule has 0 unspecified atom stereocenters. The van der Waals surface area contributed by atoms with Crippen molar-refractivity contribution in [1.82, 2.24) is 25.9 Å². The minimum atomic E-state index is -0.589. The number of nitrogens with zero attached hydrogens (tertiary/aromatic N) is 4. The van der Waals surface area contributed by atoms with Crippen molar-refractivity contribution in [2.75, 3.05) is 18.0 Å². The number of halogens is 1. The van der Waals surface area contributed by atoms with Crippen LogP contribution in [-0.2, 0) is 9.53 Å². The highest BCUT2D eigenvalue weighted by Gasteiger charge is 2.32. The van der Waals surface area contributed by atoms with Crippen LogP contribution in [0.2, 0.25) is 0 Å². The number of aromatic amines is 1. The number of amides is 2. The molecular formula is C13H13FN6O3. The zero-order chi connectivity index (χ0) is 16.4. The molecule has 2 aromatic rings. The number of anilines is 1. The standard InChI is InChI=1S/C13H13FN6O3/c1-7(21)15-5-9-6-20(13(22)23-9)8-2-3-10(11(14)4-8)12-16-18-19-17-12/h2-4,9H,5-6H2,1H3,(H,15,21)(H,16,17,18,19)/t9-/m0/s1. The Labute approximate surface area is 129 Å². The highest BCUT2D eigenvalue weighted by molar-refractivity contribution is 5.90. The second kappa shape index (κ2) is 5.99. The molecule has 1 atom stereocenters. The van der Waals surface area contributed by atoms with E-state index >= 15 is 0 Å². The van der Waals surface area contributed by atoms with E-state index in [9.17, 15) is 14.0 Å². The van der Waals surface area contributed by atoms with Crippen molar-refractivity contribution in [2.24, 2.45) is 0 Å². The largest absolute Gasteiger partial charge is 0.442 e. The summed E-state index contributed by atoms with van der Waals surface area (Å²) in [5.41, 5.74) is 0.551. The fourth-order valence-corrected chi connectivity index (χ4v) is 2.23. The van der Waals surface area contributed by atoms with E-state index in [1.165, 1.54) is 24.0 Å². The van der Waals surface area contributed by atoms with Crippen molar-refractivity contribution in [3.63, 3.8) is 0 Å². The molecule has 1 aromatic carbocycles. The third-order valence-corrected chi connectivity index (χ3v) is 3.32. The Morgan fingerprint density at radius 1 is 1.57 bits per heavy atom. The highest BCUT2D eigenvalue weighted by atomic mass is 19.1. The number of tetrazole rings is 1. The zero-order valence-electron chi connectivity index (χ0n) is 12.1. The predicted octanol–water partition coefficient (Wildman–Crippen LogP) is 0.467. The molecule has 1 fully saturated rings. The van der Waals surface area contributed by atoms with E-state index in [4.69, 9.17) is 4.74 Å². The van der Waals surface area contributed by atoms with Crippen LogP contribution in [0.3, 0.4) is 0 Å². The molecule has 120 valence electrons. The fraction of sp³-hybridized carbons (Fsp3) is 0.308. The smallest absolute Gasteiger partial charge is 0.414 e. The van der Waals surface area contributed by atoms with Crippen molar-refractivity contribution < 1.29 is 18.7 Å². The summed E-state index contributed by atoms with van der Waals surface area (Å²) in [4.78, 5) is 24.1. The maximum Gasteiger partial charge on any atom is 0.414 e. The molecule has 0 spiro atoms. The van der Waals surface area contributed by atoms with Gasteiger partial charge in [0.1, 0.15) is 11.9 Å². The van der Waals surface area contributed by atoms with E-state index in [0.29, 0.717) is 5.69 Å². The number of cyclic esters (lactones) is 1. The minimum absolute atomic E-state index is 0.195. The van der Waals surface area contributed by atoms with Gasteiger partial charge in [0, 0.05) is 6.92 Å². The monoisotopic (exact) mass is 320 g/mol. The Hall–Kier alpha value is -3.04. The lowest BCUT2D eigenvalue weighted by atomic mass is 10.1. The minimum Gasteiger partial charge on any atom is -0.442 e. The number of aromatic nitrogens is 4. The normalized spacial score (nSPS) is 17.2. The number of ether oxygens (including phenoxy) is 1. The number of hydrogen-bond donors (Lipinski definition) is 2. The summed E-state index contributed by atoms with van der Waals surface area (Å²) in [7, 11) is 0. The van der Waals surface area contributed by atoms with Crippen LogP contribution in [0.1, 0.15) is 6.92 Å². The molecule has 1 saturated heterocycles. The first-order valence-corrected chi connectivity index (χ1v) is 6.81. The molecule has 2 N–H and O–H groups in total. The Morgan fingerprint density at radius 2 is 2.39 bits per heavy atom. The molecule has 1 aromatic heterocycles. The Morgan fingerprint density at radius 3 is 3.04 bits per heavy atom. The molecule has 3 rings (SSSR count). The fourth-order valence-electron chi connectivity index (χ4n) is 2.23. The van der Waals surface area contributed by atoms with Gasteiger partial charge in [0.05, 0.1) is 24.3 Å². The number of carbonyl (C=O) groups excluding carboxylic acids is 2. The van der Waals surface area contributed by atoms with Crippen molar-refractivity contribution in [2.45, 2.75) is 13.0 Å². The van der Waals surface area contributed by atoms with Crippen LogP contribution in [0.4, 0.5) is 14.9 Å². The molecule has 0 radical (unpaired) electrons. The molecule has 0 bridgehead atoms. The molecule has 0 saturated carbocycles. The van der Waals surface area contributed by atoms with Gasteiger partial charge < -0.3 is 10.1 Å². The summed E-state index contributed by atoms with van der Waals surface area (Å²) in [5.74, 6) is -0.587. The molecule has 2 heterocycles. The molecule has 9 nitrogen and oxygen atoms in total. The first-order chi connectivity index (χ1) is 11.0. The second-order valence-electron chi connectivity index (χ2n) is 4.97. The lowest BCUT2D eigenvalue weighted by Gasteiger charge is -2.13. The van der Waals surface area contributed by atoms with Gasteiger partial charge >= 0.3 is 6.09 Å². The number of hydrogen-bond acceptors (Lipinski definition) is 6. The molecule has 2 amide bonds. The second-order valence-corrected chi connectivity index (χ2v) is 4.97. The number of carbonyl (C=O) groups is 2. The van der Waals surface area contributed by atoms with Gasteiger partial charge in [-0.05, 0) is 28.6 Å². The van der Waals surface area contributed by atoms with Crippen molar-refractivity contribution in [3.8, 4) is 11.4 Å². The summed E-state index contributed by atoms with van der Waals surface area (Å²) in [5, 5.41) is 15.5. The zero-order valence-corrected chi connectivity index (χ0v) is 12.1. The number of nitrogens with one attached hydrogen (secondary N) is 2. The molecule has 1 aliphatic rings. The van der Waals surface area contributed by atoms with Crippen molar-refractivity contribution in [3.05, 3.63) is 24.0 Å². The molecular weight excluding hydrogens is 307 g/mol. The summed E-state index contributed by atoms with van der Waals surface area (Å²) in [6.07, 6.45) is -1.07. The van der Waals surface area contributed by atoms with E-state index < -0.39 is 18.0 Å². The first kappa shape index (κ1) is 14.9. The van der Waals surface area contributed by atoms with Crippen molar-refractivity contribution in [1.29, 1.82) is 0 Å². The lowest BCUT2D eigenvalue weighted by Crippen LogP contribution is -2.33. The Bertz CT molecular complexity index is 735. The average molecular weight is 320 g/mol. The average Bonchev–Trinajstić information content (AvgIpc) is 3.14. The quantitative estimate of drug-likeness (QED) is 0.846. The Balaban J connectivity index is 1.76. The van der Waals surface area contributed by atoms with E-state index in [1.807, 2.05) is 0 Å². The third kappa shape index (κ3) is 3.10. The van der Waals surface area contributed by atoms with Crippen LogP contribution < -0.4 is 10.2 Å². The summed E-state index contributed by atoms with van der Waals surface area (Å²) in [6, 6.07) is 4.25. The van der Waals surface area contributed by atoms with Crippen LogP contribution >= 0.6 is 0 Å². The number of rotatable bonds is 4. The van der Waals surface area contributed by atoms with Gasteiger partial charge in [-0.2, -0.15) is 0 Å². The van der Waals surface area contributed by atoms with Gasteiger partial charge in [0.2, 0.25) is 5.91 Å². The number of benzene rings is 1. The maximum atomic E-state index is 14.2. The van der Waals surface area contributed by atoms with Gasteiger partial charge in [0.15, 0.2) is 5.82 Å². The van der Waals surface area contributed by atoms with Gasteiger partial charge in [-0.25, -0.2) is 14.3 Å². The van der Waals surface area contributed by atoms with Crippen LogP contribution in [0.5, 0.6) is 0 Å². The van der Waals surface area contributed by atoms with Gasteiger partial charge in [-0.3, -0.25) is 9.69 Å². The van der Waals surface area contributed by atoms with Gasteiger partial charge in [0.25, 0.3) is 0 Å². The lowest BCUT2D eigenvalue weighted by molar-refractivity contribution is -0.119. The van der Waals surface area contributed by atoms with Crippen LogP contribution in [0, 0.1) is 5.82 Å². The van der Waals surface area contributed by atoms with Gasteiger partial charge in [-0.15, -0.1) is 5.10 Å². The molecule has 0 aliphatic carbocycles. The molecule has 10 heteroatoms. The van der Waals surface area contributed by atoms with Crippen LogP contribution in [0.15, 0.2) is 18.2 Å². The van der Waals surface area contributed by atoms with Gasteiger partial charge in [-0.1, -0.05) is 0 Å². The first-order valence-electron chi connectivity index (χ1n) is 6.81. The SMILES string of the molecule is CC(=O)NC[C@H]1CN(c2ccc(-c3nnn[nH]3)c(F)c2)C(=O)O1. The Kier molecular flexibility index (Phi) is 3.87. The summed E-state index contributed by atoms with van der Waals surface area (Å²) < 4.78 is 19.3. The molecule has 23 heavy (non-hydrogen) atoms. The molecule has 1 aliphatic heterocycles. The van der Waals surface area contributed by atoms with Crippen molar-refractivity contribution >= 4 is 17.7 Å². The number of H-pyrrole nitrogens is 1.